The molecular weight excluding hydrogens is 308 g/mol. The van der Waals surface area contributed by atoms with Gasteiger partial charge in [0.2, 0.25) is 0 Å². The number of ether oxygens (including phenoxy) is 1. The molecule has 0 aliphatic carbocycles. The number of hydrogen-bond acceptors (Lipinski definition) is 6. The number of rotatable bonds is 6. The molecule has 8 nitrogen and oxygen atoms in total. The van der Waals surface area contributed by atoms with Crippen LogP contribution in [0, 0.1) is 0 Å². The first kappa shape index (κ1) is 17.1. The molecule has 1 aliphatic heterocycles. The molecule has 2 aromatic rings. The van der Waals surface area contributed by atoms with Crippen molar-refractivity contribution >= 4 is 0 Å². The van der Waals surface area contributed by atoms with Crippen LogP contribution in [0.25, 0.3) is 11.3 Å². The minimum atomic E-state index is -0.393. The monoisotopic (exact) mass is 334 g/mol. The van der Waals surface area contributed by atoms with Gasteiger partial charge < -0.3 is 15.2 Å². The lowest BCUT2D eigenvalue weighted by Crippen LogP contribution is -2.65. The Morgan fingerprint density at radius 3 is 3.00 bits per heavy atom. The second-order valence-corrected chi connectivity index (χ2v) is 6.63. The van der Waals surface area contributed by atoms with E-state index in [1.165, 1.54) is 0 Å². The molecule has 24 heavy (non-hydrogen) atoms. The predicted octanol–water partition coefficient (Wildman–Crippen LogP) is -0.0186. The molecule has 2 aromatic heterocycles. The lowest BCUT2D eigenvalue weighted by atomic mass is 9.96. The van der Waals surface area contributed by atoms with Gasteiger partial charge in [0.1, 0.15) is 0 Å². The van der Waals surface area contributed by atoms with Gasteiger partial charge in [0, 0.05) is 43.5 Å². The van der Waals surface area contributed by atoms with Gasteiger partial charge in [-0.25, -0.2) is 0 Å². The van der Waals surface area contributed by atoms with Crippen LogP contribution in [0.4, 0.5) is 0 Å². The van der Waals surface area contributed by atoms with Crippen molar-refractivity contribution in [2.45, 2.75) is 25.0 Å². The molecule has 1 saturated heterocycles. The van der Waals surface area contributed by atoms with E-state index in [1.807, 2.05) is 32.7 Å². The highest BCUT2D eigenvalue weighted by Gasteiger charge is 2.40. The topological polar surface area (TPSA) is 91.2 Å². The Balaban J connectivity index is 1.65. The van der Waals surface area contributed by atoms with E-state index in [4.69, 9.17) is 4.74 Å². The third-order valence-electron chi connectivity index (χ3n) is 4.91. The summed E-state index contributed by atoms with van der Waals surface area (Å²) in [6.45, 7) is 4.69. The fourth-order valence-corrected chi connectivity index (χ4v) is 3.16. The zero-order valence-corrected chi connectivity index (χ0v) is 14.5. The van der Waals surface area contributed by atoms with E-state index in [-0.39, 0.29) is 12.6 Å². The Bertz CT molecular complexity index is 669. The second kappa shape index (κ2) is 7.02. The van der Waals surface area contributed by atoms with Crippen LogP contribution >= 0.6 is 0 Å². The van der Waals surface area contributed by atoms with Gasteiger partial charge in [0.15, 0.2) is 0 Å². The van der Waals surface area contributed by atoms with Crippen molar-refractivity contribution in [2.75, 3.05) is 33.4 Å². The number of aromatic amines is 1. The summed E-state index contributed by atoms with van der Waals surface area (Å²) in [5.41, 5.74) is 2.66. The number of aromatic nitrogens is 4. The quantitative estimate of drug-likeness (QED) is 0.688. The van der Waals surface area contributed by atoms with Crippen LogP contribution in [-0.2, 0) is 18.3 Å². The van der Waals surface area contributed by atoms with E-state index in [0.717, 1.165) is 16.8 Å². The maximum atomic E-state index is 9.93. The molecule has 0 unspecified atom stereocenters. The van der Waals surface area contributed by atoms with Crippen LogP contribution in [0.2, 0.25) is 0 Å². The van der Waals surface area contributed by atoms with Gasteiger partial charge in [0.25, 0.3) is 0 Å². The highest BCUT2D eigenvalue weighted by molar-refractivity contribution is 5.60. The lowest BCUT2D eigenvalue weighted by Gasteiger charge is -2.47. The largest absolute Gasteiger partial charge is 0.394 e. The van der Waals surface area contributed by atoms with Crippen LogP contribution in [0.5, 0.6) is 0 Å². The minimum absolute atomic E-state index is 0.0572. The van der Waals surface area contributed by atoms with Crippen molar-refractivity contribution in [3.8, 4) is 11.3 Å². The van der Waals surface area contributed by atoms with Crippen LogP contribution in [0.3, 0.4) is 0 Å². The van der Waals surface area contributed by atoms with Crippen LogP contribution < -0.4 is 5.32 Å². The average Bonchev–Trinajstić information content (AvgIpc) is 3.20. The highest BCUT2D eigenvalue weighted by atomic mass is 16.5. The Morgan fingerprint density at radius 2 is 2.29 bits per heavy atom. The normalized spacial score (nSPS) is 25.2. The van der Waals surface area contributed by atoms with Crippen LogP contribution in [0.15, 0.2) is 18.6 Å². The molecule has 0 spiro atoms. The number of aliphatic hydroxyl groups excluding tert-OH is 1. The average molecular weight is 334 g/mol. The van der Waals surface area contributed by atoms with E-state index in [2.05, 4.69) is 32.4 Å². The first-order valence-corrected chi connectivity index (χ1v) is 8.19. The van der Waals surface area contributed by atoms with Gasteiger partial charge >= 0.3 is 0 Å². The third-order valence-corrected chi connectivity index (χ3v) is 4.91. The molecule has 2 atom stereocenters. The smallest absolute Gasteiger partial charge is 0.0802 e. The van der Waals surface area contributed by atoms with Gasteiger partial charge in [-0.3, -0.25) is 14.7 Å². The number of nitrogens with zero attached hydrogens (tertiary/aromatic N) is 4. The number of H-pyrrole nitrogens is 1. The molecule has 0 saturated carbocycles. The number of morpholine rings is 1. The van der Waals surface area contributed by atoms with Gasteiger partial charge in [-0.1, -0.05) is 0 Å². The summed E-state index contributed by atoms with van der Waals surface area (Å²) in [4.78, 5) is 2.21. The fourth-order valence-electron chi connectivity index (χ4n) is 3.16. The van der Waals surface area contributed by atoms with E-state index in [9.17, 15) is 5.11 Å². The fraction of sp³-hybridized carbons (Fsp3) is 0.625. The first-order valence-electron chi connectivity index (χ1n) is 8.19. The highest BCUT2D eigenvalue weighted by Crippen LogP contribution is 2.23. The van der Waals surface area contributed by atoms with Gasteiger partial charge in [0.05, 0.1) is 43.4 Å². The van der Waals surface area contributed by atoms with E-state index >= 15 is 0 Å². The van der Waals surface area contributed by atoms with Crippen LogP contribution in [0.1, 0.15) is 12.5 Å². The maximum Gasteiger partial charge on any atom is 0.0802 e. The van der Waals surface area contributed by atoms with Gasteiger partial charge in [-0.2, -0.15) is 10.2 Å². The molecule has 0 radical (unpaired) electrons. The van der Waals surface area contributed by atoms with Crippen molar-refractivity contribution in [3.05, 3.63) is 24.2 Å². The summed E-state index contributed by atoms with van der Waals surface area (Å²) >= 11 is 0. The van der Waals surface area contributed by atoms with Gasteiger partial charge in [-0.05, 0) is 14.0 Å². The molecule has 3 heterocycles. The number of hydrogen-bond donors (Lipinski definition) is 3. The van der Waals surface area contributed by atoms with E-state index in [1.54, 1.807) is 4.68 Å². The number of aliphatic hydroxyl groups is 1. The number of likely N-dealkylation sites (N-methyl/N-ethyl adjacent to an activating group) is 1. The summed E-state index contributed by atoms with van der Waals surface area (Å²) < 4.78 is 7.44. The van der Waals surface area contributed by atoms with E-state index in [0.29, 0.717) is 26.3 Å². The Kier molecular flexibility index (Phi) is 5.00. The van der Waals surface area contributed by atoms with Crippen molar-refractivity contribution in [2.24, 2.45) is 7.05 Å². The van der Waals surface area contributed by atoms with Crippen molar-refractivity contribution < 1.29 is 9.84 Å². The van der Waals surface area contributed by atoms with Crippen molar-refractivity contribution in [3.63, 3.8) is 0 Å². The van der Waals surface area contributed by atoms with Crippen molar-refractivity contribution in [1.29, 1.82) is 0 Å². The molecular formula is C16H26N6O2. The summed E-state index contributed by atoms with van der Waals surface area (Å²) in [6.07, 6.45) is 5.60. The predicted molar refractivity (Wildman–Crippen MR) is 90.4 cm³/mol. The lowest BCUT2D eigenvalue weighted by molar-refractivity contribution is -0.106. The zero-order chi connectivity index (χ0) is 17.2. The molecule has 8 heteroatoms. The summed E-state index contributed by atoms with van der Waals surface area (Å²) in [5.74, 6) is 0. The Labute approximate surface area is 141 Å². The summed E-state index contributed by atoms with van der Waals surface area (Å²) in [7, 11) is 3.94. The molecule has 3 N–H and O–H groups in total. The molecule has 0 bridgehead atoms. The zero-order valence-electron chi connectivity index (χ0n) is 14.5. The van der Waals surface area contributed by atoms with Crippen molar-refractivity contribution in [1.82, 2.24) is 30.2 Å². The summed E-state index contributed by atoms with van der Waals surface area (Å²) in [5, 5.41) is 24.8. The van der Waals surface area contributed by atoms with Gasteiger partial charge in [-0.15, -0.1) is 0 Å². The number of aryl methyl sites for hydroxylation is 1. The molecule has 1 aliphatic rings. The molecule has 1 fully saturated rings. The minimum Gasteiger partial charge on any atom is -0.394 e. The second-order valence-electron chi connectivity index (χ2n) is 6.63. The Morgan fingerprint density at radius 1 is 1.46 bits per heavy atom. The molecule has 0 amide bonds. The summed E-state index contributed by atoms with van der Waals surface area (Å²) in [6, 6.07) is 0.285. The van der Waals surface area contributed by atoms with E-state index < -0.39 is 5.54 Å². The number of nitrogens with one attached hydrogen (secondary N) is 2. The van der Waals surface area contributed by atoms with Crippen LogP contribution in [-0.4, -0.2) is 75.0 Å². The molecule has 132 valence electrons. The molecule has 0 aromatic carbocycles. The molecule has 3 rings (SSSR count). The third kappa shape index (κ3) is 3.23. The standard InChI is InChI=1S/C16H26N6O2/c1-12-8-24-11-16(10-23,22(12)3)9-17-4-13-5-18-20-15(13)14-6-19-21(2)7-14/h5-7,12,17,23H,4,8-11H2,1-3H3,(H,18,20)/t12-,16+/m1/s1. The SMILES string of the molecule is C[C@@H]1COC[C@@](CO)(CNCc2cn[nH]c2-c2cnn(C)c2)N1C. The Hall–Kier alpha value is -1.74. The maximum absolute atomic E-state index is 9.93. The first-order chi connectivity index (χ1) is 11.6.